The van der Waals surface area contributed by atoms with E-state index in [9.17, 15) is 0 Å². The molecular formula is C50H28N4O2. The second-order valence-corrected chi connectivity index (χ2v) is 14.2. The van der Waals surface area contributed by atoms with Gasteiger partial charge in [-0.15, -0.1) is 0 Å². The highest BCUT2D eigenvalue weighted by Crippen LogP contribution is 2.41. The summed E-state index contributed by atoms with van der Waals surface area (Å²) in [5.41, 5.74) is 6.61. The molecule has 3 aromatic heterocycles. The van der Waals surface area contributed by atoms with Crippen molar-refractivity contribution in [1.29, 1.82) is 0 Å². The smallest absolute Gasteiger partial charge is 0.227 e. The molecule has 6 heteroatoms. The zero-order valence-electron chi connectivity index (χ0n) is 29.8. The van der Waals surface area contributed by atoms with Gasteiger partial charge in [0.2, 0.25) is 5.89 Å². The number of nitrogens with zero attached hydrogens (tertiary/aromatic N) is 4. The lowest BCUT2D eigenvalue weighted by Gasteiger charge is -2.10. The average Bonchev–Trinajstić information content (AvgIpc) is 3.88. The number of aromatic nitrogens is 4. The van der Waals surface area contributed by atoms with E-state index in [1.54, 1.807) is 0 Å². The number of hydrogen-bond donors (Lipinski definition) is 0. The highest BCUT2D eigenvalue weighted by atomic mass is 16.4. The quantitative estimate of drug-likeness (QED) is 0.169. The normalized spacial score (nSPS) is 11.9. The lowest BCUT2D eigenvalue weighted by atomic mass is 9.99. The molecule has 0 aliphatic rings. The number of benzene rings is 9. The lowest BCUT2D eigenvalue weighted by molar-refractivity contribution is 0.622. The van der Waals surface area contributed by atoms with Gasteiger partial charge in [0.1, 0.15) is 16.7 Å². The number of fused-ring (bicyclic) bond motifs is 11. The molecule has 0 spiro atoms. The minimum absolute atomic E-state index is 0.571. The molecule has 9 aromatic carbocycles. The maximum Gasteiger partial charge on any atom is 0.227 e. The molecule has 12 aromatic rings. The van der Waals surface area contributed by atoms with E-state index in [-0.39, 0.29) is 0 Å². The first-order chi connectivity index (χ1) is 27.7. The highest BCUT2D eigenvalue weighted by molar-refractivity contribution is 6.25. The first-order valence-electron chi connectivity index (χ1n) is 18.6. The second kappa shape index (κ2) is 11.9. The van der Waals surface area contributed by atoms with Crippen LogP contribution < -0.4 is 0 Å². The van der Waals surface area contributed by atoms with E-state index in [0.29, 0.717) is 28.9 Å². The molecule has 0 amide bonds. The summed E-state index contributed by atoms with van der Waals surface area (Å²) >= 11 is 0. The molecule has 0 bridgehead atoms. The van der Waals surface area contributed by atoms with Crippen LogP contribution in [0.15, 0.2) is 179 Å². The Hall–Kier alpha value is -7.70. The molecule has 0 aliphatic carbocycles. The highest BCUT2D eigenvalue weighted by Gasteiger charge is 2.20. The molecule has 3 heterocycles. The fraction of sp³-hybridized carbons (Fsp3) is 0. The van der Waals surface area contributed by atoms with Crippen LogP contribution in [0.4, 0.5) is 0 Å². The van der Waals surface area contributed by atoms with Crippen molar-refractivity contribution >= 4 is 76.1 Å². The largest absolute Gasteiger partial charge is 0.456 e. The van der Waals surface area contributed by atoms with Crippen molar-refractivity contribution in [3.8, 4) is 45.6 Å². The Morgan fingerprint density at radius 2 is 0.893 bits per heavy atom. The predicted molar refractivity (Wildman–Crippen MR) is 226 cm³/mol. The van der Waals surface area contributed by atoms with Gasteiger partial charge in [0.25, 0.3) is 0 Å². The zero-order chi connectivity index (χ0) is 36.7. The van der Waals surface area contributed by atoms with Crippen LogP contribution in [0.1, 0.15) is 0 Å². The van der Waals surface area contributed by atoms with Gasteiger partial charge in [-0.3, -0.25) is 0 Å². The average molecular weight is 717 g/mol. The van der Waals surface area contributed by atoms with Gasteiger partial charge in [-0.2, -0.15) is 0 Å². The molecule has 0 atom stereocenters. The molecule has 0 N–H and O–H groups in total. The third kappa shape index (κ3) is 4.83. The Labute approximate surface area is 319 Å². The Balaban J connectivity index is 1.05. The van der Waals surface area contributed by atoms with Crippen molar-refractivity contribution in [3.63, 3.8) is 0 Å². The van der Waals surface area contributed by atoms with Gasteiger partial charge < -0.3 is 8.83 Å². The topological polar surface area (TPSA) is 77.8 Å². The van der Waals surface area contributed by atoms with Gasteiger partial charge in [0.05, 0.1) is 5.39 Å². The van der Waals surface area contributed by atoms with Crippen molar-refractivity contribution in [2.45, 2.75) is 0 Å². The fourth-order valence-electron chi connectivity index (χ4n) is 8.14. The van der Waals surface area contributed by atoms with Crippen LogP contribution in [0.3, 0.4) is 0 Å². The summed E-state index contributed by atoms with van der Waals surface area (Å²) in [7, 11) is 0. The minimum atomic E-state index is 0.571. The SMILES string of the molecule is c1ccc(-c2nc(-c3ccc4c(ccc5ccccc54)c3)nc(-c3ccc4ccc5oc6ccc7nc(-c8ccc9ccccc9c8)oc7c6c5c4c3)n2)cc1. The Morgan fingerprint density at radius 1 is 0.321 bits per heavy atom. The van der Waals surface area contributed by atoms with Crippen LogP contribution in [0.5, 0.6) is 0 Å². The van der Waals surface area contributed by atoms with Crippen LogP contribution in [0, 0.1) is 0 Å². The van der Waals surface area contributed by atoms with Crippen LogP contribution >= 0.6 is 0 Å². The van der Waals surface area contributed by atoms with E-state index >= 15 is 0 Å². The number of oxazole rings is 1. The Bertz CT molecular complexity index is 3550. The molecule has 0 saturated carbocycles. The van der Waals surface area contributed by atoms with Crippen LogP contribution in [-0.2, 0) is 0 Å². The Kier molecular flexibility index (Phi) is 6.53. The molecule has 12 rings (SSSR count). The van der Waals surface area contributed by atoms with Crippen LogP contribution in [0.25, 0.3) is 122 Å². The maximum atomic E-state index is 6.63. The molecule has 260 valence electrons. The van der Waals surface area contributed by atoms with Crippen LogP contribution in [0.2, 0.25) is 0 Å². The van der Waals surface area contributed by atoms with Gasteiger partial charge in [0.15, 0.2) is 23.1 Å². The van der Waals surface area contributed by atoms with Gasteiger partial charge in [0, 0.05) is 27.6 Å². The number of furan rings is 1. The fourth-order valence-corrected chi connectivity index (χ4v) is 8.14. The molecule has 0 radical (unpaired) electrons. The summed E-state index contributed by atoms with van der Waals surface area (Å²) in [6, 6.07) is 58.4. The van der Waals surface area contributed by atoms with Crippen molar-refractivity contribution < 1.29 is 8.83 Å². The zero-order valence-corrected chi connectivity index (χ0v) is 29.8. The molecule has 0 aliphatic heterocycles. The molecule has 6 nitrogen and oxygen atoms in total. The summed E-state index contributed by atoms with van der Waals surface area (Å²) in [5, 5.41) is 11.0. The minimum Gasteiger partial charge on any atom is -0.456 e. The van der Waals surface area contributed by atoms with Crippen molar-refractivity contribution in [1.82, 2.24) is 19.9 Å². The third-order valence-corrected chi connectivity index (χ3v) is 10.9. The molecule has 0 saturated heterocycles. The standard InChI is InChI=1S/C50H28N4O2/c1-2-10-32(11-3-1)47-52-48(35-20-22-39-34(27-35)17-15-30-9-6-7-13-38(30)39)54-49(53-47)36-18-16-31-21-24-42-44(40(31)28-36)45-43(55-42)25-23-41-46(45)56-50(51-41)37-19-14-29-8-4-5-12-33(29)26-37/h1-28H. The van der Waals surface area contributed by atoms with Crippen LogP contribution in [-0.4, -0.2) is 19.9 Å². The van der Waals surface area contributed by atoms with Gasteiger partial charge in [-0.25, -0.2) is 19.9 Å². The number of rotatable bonds is 4. The summed E-state index contributed by atoms with van der Waals surface area (Å²) in [5.74, 6) is 2.38. The first-order valence-corrected chi connectivity index (χ1v) is 18.6. The van der Waals surface area contributed by atoms with Gasteiger partial charge >= 0.3 is 0 Å². The summed E-state index contributed by atoms with van der Waals surface area (Å²) in [6.07, 6.45) is 0. The van der Waals surface area contributed by atoms with E-state index in [0.717, 1.165) is 71.3 Å². The lowest BCUT2D eigenvalue weighted by Crippen LogP contribution is -2.00. The van der Waals surface area contributed by atoms with Crippen molar-refractivity contribution in [3.05, 3.63) is 170 Å². The molecular weight excluding hydrogens is 689 g/mol. The second-order valence-electron chi connectivity index (χ2n) is 14.2. The summed E-state index contributed by atoms with van der Waals surface area (Å²) in [4.78, 5) is 20.2. The molecule has 0 fully saturated rings. The van der Waals surface area contributed by atoms with E-state index in [1.165, 1.54) is 21.5 Å². The summed E-state index contributed by atoms with van der Waals surface area (Å²) < 4.78 is 13.1. The Morgan fingerprint density at radius 3 is 1.77 bits per heavy atom. The van der Waals surface area contributed by atoms with E-state index in [1.807, 2.05) is 60.7 Å². The molecule has 56 heavy (non-hydrogen) atoms. The van der Waals surface area contributed by atoms with E-state index in [4.69, 9.17) is 28.8 Å². The van der Waals surface area contributed by atoms with Crippen molar-refractivity contribution in [2.24, 2.45) is 0 Å². The summed E-state index contributed by atoms with van der Waals surface area (Å²) in [6.45, 7) is 0. The maximum absolute atomic E-state index is 6.63. The molecule has 0 unspecified atom stereocenters. The van der Waals surface area contributed by atoms with E-state index < -0.39 is 0 Å². The first kappa shape index (κ1) is 30.7. The predicted octanol–water partition coefficient (Wildman–Crippen LogP) is 13.2. The van der Waals surface area contributed by atoms with E-state index in [2.05, 4.69) is 109 Å². The third-order valence-electron chi connectivity index (χ3n) is 10.9. The number of hydrogen-bond acceptors (Lipinski definition) is 6. The van der Waals surface area contributed by atoms with Gasteiger partial charge in [-0.05, 0) is 85.6 Å². The monoisotopic (exact) mass is 716 g/mol. The van der Waals surface area contributed by atoms with Crippen molar-refractivity contribution in [2.75, 3.05) is 0 Å². The van der Waals surface area contributed by atoms with Gasteiger partial charge in [-0.1, -0.05) is 127 Å².